The first-order valence-corrected chi connectivity index (χ1v) is 6.66. The number of carbonyl (C=O) groups is 1. The lowest BCUT2D eigenvalue weighted by atomic mass is 10.1. The number of amides is 1. The Bertz CT molecular complexity index is 573. The third kappa shape index (κ3) is 3.68. The van der Waals surface area contributed by atoms with Crippen LogP contribution in [0.1, 0.15) is 33.2 Å². The van der Waals surface area contributed by atoms with E-state index in [1.165, 1.54) is 0 Å². The van der Waals surface area contributed by atoms with E-state index >= 15 is 0 Å². The Labute approximate surface area is 119 Å². The third-order valence-electron chi connectivity index (χ3n) is 3.23. The van der Waals surface area contributed by atoms with E-state index in [1.54, 1.807) is 12.1 Å². The molecule has 0 aliphatic heterocycles. The highest BCUT2D eigenvalue weighted by atomic mass is 16.3. The number of aliphatic hydroxyl groups is 1. The molecule has 0 saturated heterocycles. The maximum atomic E-state index is 11.9. The molecule has 0 heterocycles. The first-order chi connectivity index (χ1) is 9.56. The highest BCUT2D eigenvalue weighted by Gasteiger charge is 2.10. The molecule has 3 heteroatoms. The van der Waals surface area contributed by atoms with E-state index in [1.807, 2.05) is 50.2 Å². The lowest BCUT2D eigenvalue weighted by molar-refractivity contribution is 0.0916. The van der Waals surface area contributed by atoms with Crippen LogP contribution in [0.4, 0.5) is 0 Å². The molecule has 2 aromatic carbocycles. The van der Waals surface area contributed by atoms with Crippen LogP contribution in [0.3, 0.4) is 0 Å². The highest BCUT2D eigenvalue weighted by molar-refractivity contribution is 5.94. The summed E-state index contributed by atoms with van der Waals surface area (Å²) in [6, 6.07) is 15.0. The molecule has 20 heavy (non-hydrogen) atoms. The Morgan fingerprint density at radius 2 is 1.50 bits per heavy atom. The van der Waals surface area contributed by atoms with Gasteiger partial charge in [-0.15, -0.1) is 0 Å². The minimum Gasteiger partial charge on any atom is -0.387 e. The zero-order valence-corrected chi connectivity index (χ0v) is 11.8. The summed E-state index contributed by atoms with van der Waals surface area (Å²) >= 11 is 0. The van der Waals surface area contributed by atoms with Crippen molar-refractivity contribution in [3.63, 3.8) is 0 Å². The second kappa shape index (κ2) is 6.35. The van der Waals surface area contributed by atoms with E-state index in [9.17, 15) is 9.90 Å². The van der Waals surface area contributed by atoms with E-state index in [-0.39, 0.29) is 12.5 Å². The molecule has 3 nitrogen and oxygen atoms in total. The maximum absolute atomic E-state index is 11.9. The van der Waals surface area contributed by atoms with Gasteiger partial charge in [0, 0.05) is 12.1 Å². The summed E-state index contributed by atoms with van der Waals surface area (Å²) in [7, 11) is 0. The highest BCUT2D eigenvalue weighted by Crippen LogP contribution is 2.13. The molecule has 2 N–H and O–H groups in total. The van der Waals surface area contributed by atoms with E-state index in [4.69, 9.17) is 0 Å². The first-order valence-electron chi connectivity index (χ1n) is 6.66. The number of nitrogens with one attached hydrogen (secondary N) is 1. The van der Waals surface area contributed by atoms with Crippen LogP contribution in [0.15, 0.2) is 48.5 Å². The molecule has 1 atom stereocenters. The van der Waals surface area contributed by atoms with Gasteiger partial charge < -0.3 is 10.4 Å². The molecule has 0 aromatic heterocycles. The molecule has 0 saturated carbocycles. The number of hydrogen-bond donors (Lipinski definition) is 2. The number of aryl methyl sites for hydroxylation is 2. The Morgan fingerprint density at radius 3 is 2.05 bits per heavy atom. The summed E-state index contributed by atoms with van der Waals surface area (Å²) in [5.74, 6) is -0.170. The predicted molar refractivity (Wildman–Crippen MR) is 79.7 cm³/mol. The summed E-state index contributed by atoms with van der Waals surface area (Å²) in [6.45, 7) is 4.17. The standard InChI is InChI=1S/C17H19NO2/c1-12-3-7-14(8-4-12)16(19)11-18-17(20)15-9-5-13(2)6-10-15/h3-10,16,19H,11H2,1-2H3,(H,18,20). The van der Waals surface area contributed by atoms with Crippen molar-refractivity contribution in [2.24, 2.45) is 0 Å². The average Bonchev–Trinajstić information content (AvgIpc) is 2.46. The Kier molecular flexibility index (Phi) is 4.53. The summed E-state index contributed by atoms with van der Waals surface area (Å²) in [6.07, 6.45) is -0.690. The molecular formula is C17H19NO2. The molecular weight excluding hydrogens is 250 g/mol. The SMILES string of the molecule is Cc1ccc(C(=O)NCC(O)c2ccc(C)cc2)cc1. The predicted octanol–water partition coefficient (Wildman–Crippen LogP) is 2.77. The Balaban J connectivity index is 1.92. The fraction of sp³-hybridized carbons (Fsp3) is 0.235. The fourth-order valence-electron chi connectivity index (χ4n) is 1.90. The molecule has 0 spiro atoms. The largest absolute Gasteiger partial charge is 0.387 e. The number of benzene rings is 2. The van der Waals surface area contributed by atoms with Crippen LogP contribution in [0.2, 0.25) is 0 Å². The van der Waals surface area contributed by atoms with E-state index in [0.717, 1.165) is 16.7 Å². The topological polar surface area (TPSA) is 49.3 Å². The van der Waals surface area contributed by atoms with Gasteiger partial charge in [0.2, 0.25) is 0 Å². The number of aliphatic hydroxyl groups excluding tert-OH is 1. The van der Waals surface area contributed by atoms with E-state index < -0.39 is 6.10 Å². The Morgan fingerprint density at radius 1 is 1.00 bits per heavy atom. The normalized spacial score (nSPS) is 11.9. The lowest BCUT2D eigenvalue weighted by Crippen LogP contribution is -2.28. The first kappa shape index (κ1) is 14.3. The summed E-state index contributed by atoms with van der Waals surface area (Å²) in [4.78, 5) is 11.9. The third-order valence-corrected chi connectivity index (χ3v) is 3.23. The van der Waals surface area contributed by atoms with Crippen LogP contribution < -0.4 is 5.32 Å². The van der Waals surface area contributed by atoms with Gasteiger partial charge >= 0.3 is 0 Å². The van der Waals surface area contributed by atoms with Gasteiger partial charge in [-0.3, -0.25) is 4.79 Å². The second-order valence-corrected chi connectivity index (χ2v) is 5.00. The van der Waals surface area contributed by atoms with Crippen LogP contribution in [0.5, 0.6) is 0 Å². The van der Waals surface area contributed by atoms with Gasteiger partial charge in [0.05, 0.1) is 6.10 Å². The van der Waals surface area contributed by atoms with Crippen LogP contribution in [-0.4, -0.2) is 17.6 Å². The molecule has 0 bridgehead atoms. The quantitative estimate of drug-likeness (QED) is 0.896. The summed E-state index contributed by atoms with van der Waals surface area (Å²) in [5, 5.41) is 12.8. The molecule has 2 aromatic rings. The molecule has 0 fully saturated rings. The van der Waals surface area contributed by atoms with E-state index in [2.05, 4.69) is 5.32 Å². The zero-order valence-electron chi connectivity index (χ0n) is 11.8. The number of hydrogen-bond acceptors (Lipinski definition) is 2. The Hall–Kier alpha value is -2.13. The number of carbonyl (C=O) groups excluding carboxylic acids is 1. The minimum atomic E-state index is -0.690. The van der Waals surface area contributed by atoms with Gasteiger partial charge in [0.15, 0.2) is 0 Å². The molecule has 0 aliphatic carbocycles. The van der Waals surface area contributed by atoms with Crippen LogP contribution in [-0.2, 0) is 0 Å². The summed E-state index contributed by atoms with van der Waals surface area (Å²) in [5.41, 5.74) is 3.66. The van der Waals surface area contributed by atoms with Crippen molar-refractivity contribution >= 4 is 5.91 Å². The van der Waals surface area contributed by atoms with Crippen LogP contribution in [0, 0.1) is 13.8 Å². The van der Waals surface area contributed by atoms with E-state index in [0.29, 0.717) is 5.56 Å². The van der Waals surface area contributed by atoms with Crippen molar-refractivity contribution in [1.82, 2.24) is 5.32 Å². The van der Waals surface area contributed by atoms with Crippen molar-refractivity contribution in [3.8, 4) is 0 Å². The van der Waals surface area contributed by atoms with Crippen LogP contribution in [0.25, 0.3) is 0 Å². The average molecular weight is 269 g/mol. The van der Waals surface area contributed by atoms with Gasteiger partial charge in [0.25, 0.3) is 5.91 Å². The fourth-order valence-corrected chi connectivity index (χ4v) is 1.90. The molecule has 0 aliphatic rings. The van der Waals surface area contributed by atoms with Gasteiger partial charge in [0.1, 0.15) is 0 Å². The van der Waals surface area contributed by atoms with Crippen molar-refractivity contribution < 1.29 is 9.90 Å². The number of rotatable bonds is 4. The summed E-state index contributed by atoms with van der Waals surface area (Å²) < 4.78 is 0. The van der Waals surface area contributed by atoms with Gasteiger partial charge in [-0.1, -0.05) is 47.5 Å². The molecule has 104 valence electrons. The lowest BCUT2D eigenvalue weighted by Gasteiger charge is -2.12. The van der Waals surface area contributed by atoms with Crippen molar-refractivity contribution in [2.75, 3.05) is 6.54 Å². The molecule has 0 radical (unpaired) electrons. The molecule has 2 rings (SSSR count). The smallest absolute Gasteiger partial charge is 0.251 e. The van der Waals surface area contributed by atoms with Gasteiger partial charge in [-0.2, -0.15) is 0 Å². The second-order valence-electron chi connectivity index (χ2n) is 5.00. The maximum Gasteiger partial charge on any atom is 0.251 e. The van der Waals surface area contributed by atoms with Gasteiger partial charge in [-0.05, 0) is 31.5 Å². The van der Waals surface area contributed by atoms with Crippen molar-refractivity contribution in [1.29, 1.82) is 0 Å². The van der Waals surface area contributed by atoms with Crippen molar-refractivity contribution in [2.45, 2.75) is 20.0 Å². The van der Waals surface area contributed by atoms with Crippen molar-refractivity contribution in [3.05, 3.63) is 70.8 Å². The minimum absolute atomic E-state index is 0.170. The monoisotopic (exact) mass is 269 g/mol. The zero-order chi connectivity index (χ0) is 14.5. The molecule has 1 amide bonds. The van der Waals surface area contributed by atoms with Gasteiger partial charge in [-0.25, -0.2) is 0 Å². The molecule has 1 unspecified atom stereocenters. The van der Waals surface area contributed by atoms with Crippen LogP contribution >= 0.6 is 0 Å².